The lowest BCUT2D eigenvalue weighted by atomic mass is 10.1. The third kappa shape index (κ3) is 3.08. The Labute approximate surface area is 168 Å². The fourth-order valence-corrected chi connectivity index (χ4v) is 4.79. The predicted molar refractivity (Wildman–Crippen MR) is 113 cm³/mol. The van der Waals surface area contributed by atoms with Crippen LogP contribution in [0.5, 0.6) is 0 Å². The number of thiazole rings is 1. The van der Waals surface area contributed by atoms with Crippen LogP contribution in [0.4, 0.5) is 0 Å². The molecule has 0 aliphatic rings. The molecule has 0 aliphatic carbocycles. The van der Waals surface area contributed by atoms with E-state index in [1.807, 2.05) is 51.0 Å². The van der Waals surface area contributed by atoms with Crippen LogP contribution in [0.25, 0.3) is 15.3 Å². The minimum absolute atomic E-state index is 0.240. The van der Waals surface area contributed by atoms with Crippen molar-refractivity contribution in [3.63, 3.8) is 0 Å². The van der Waals surface area contributed by atoms with Gasteiger partial charge in [-0.1, -0.05) is 35.9 Å². The topological polar surface area (TPSA) is 51.7 Å². The van der Waals surface area contributed by atoms with E-state index < -0.39 is 0 Å². The molecular weight excluding hydrogens is 388 g/mol. The normalized spacial score (nSPS) is 12.2. The first-order valence-corrected chi connectivity index (χ1v) is 10.5. The number of fused-ring (bicyclic) bond motifs is 3. The minimum Gasteiger partial charge on any atom is -0.328 e. The summed E-state index contributed by atoms with van der Waals surface area (Å²) in [5, 5.41) is 1.99. The first kappa shape index (κ1) is 17.1. The number of hydrogen-bond acceptors (Lipinski definition) is 4. The standard InChI is InChI=1S/C21H16N4OS2/c1-14-5-7-15(8-6-14)13-24-9-3-2-4-18(24)22-19(26)17-12-16-20(28-17)23-21-25(16)10-11-27-21/h2-12H,13H2,1H3. The van der Waals surface area contributed by atoms with Crippen LogP contribution < -0.4 is 5.49 Å². The van der Waals surface area contributed by atoms with Gasteiger partial charge in [-0.25, -0.2) is 4.98 Å². The van der Waals surface area contributed by atoms with Crippen LogP contribution >= 0.6 is 22.7 Å². The van der Waals surface area contributed by atoms with Gasteiger partial charge in [-0.2, -0.15) is 4.99 Å². The summed E-state index contributed by atoms with van der Waals surface area (Å²) in [5.41, 5.74) is 3.99. The van der Waals surface area contributed by atoms with Crippen molar-refractivity contribution in [1.82, 2.24) is 14.0 Å². The van der Waals surface area contributed by atoms with Crippen molar-refractivity contribution < 1.29 is 4.79 Å². The summed E-state index contributed by atoms with van der Waals surface area (Å²) in [5.74, 6) is -0.240. The van der Waals surface area contributed by atoms with Gasteiger partial charge in [0.1, 0.15) is 10.3 Å². The minimum atomic E-state index is -0.240. The number of nitrogens with zero attached hydrogens (tertiary/aromatic N) is 4. The summed E-state index contributed by atoms with van der Waals surface area (Å²) in [7, 11) is 0. The molecule has 0 unspecified atom stereocenters. The Kier molecular flexibility index (Phi) is 4.18. The molecule has 0 bridgehead atoms. The second kappa shape index (κ2) is 6.85. The summed E-state index contributed by atoms with van der Waals surface area (Å²) < 4.78 is 3.99. The molecule has 0 saturated carbocycles. The molecule has 0 spiro atoms. The molecule has 138 valence electrons. The van der Waals surface area contributed by atoms with E-state index in [1.54, 1.807) is 11.3 Å². The third-order valence-electron chi connectivity index (χ3n) is 4.56. The maximum absolute atomic E-state index is 12.8. The number of amides is 1. The van der Waals surface area contributed by atoms with Crippen molar-refractivity contribution in [3.05, 3.63) is 87.8 Å². The summed E-state index contributed by atoms with van der Waals surface area (Å²) in [6.45, 7) is 2.73. The summed E-state index contributed by atoms with van der Waals surface area (Å²) >= 11 is 2.97. The Balaban J connectivity index is 1.50. The zero-order valence-corrected chi connectivity index (χ0v) is 16.7. The van der Waals surface area contributed by atoms with Gasteiger partial charge in [0.05, 0.1) is 10.4 Å². The highest BCUT2D eigenvalue weighted by molar-refractivity contribution is 7.21. The van der Waals surface area contributed by atoms with Crippen LogP contribution in [-0.2, 0) is 6.54 Å². The monoisotopic (exact) mass is 404 g/mol. The lowest BCUT2D eigenvalue weighted by Crippen LogP contribution is -2.22. The Morgan fingerprint density at radius 1 is 1.14 bits per heavy atom. The number of rotatable bonds is 3. The molecule has 28 heavy (non-hydrogen) atoms. The van der Waals surface area contributed by atoms with Crippen molar-refractivity contribution in [2.45, 2.75) is 13.5 Å². The SMILES string of the molecule is Cc1ccc(Cn2ccccc2=NC(=O)c2cc3c(nc4sccn43)s2)cc1. The zero-order chi connectivity index (χ0) is 19.1. The molecule has 0 fully saturated rings. The van der Waals surface area contributed by atoms with Gasteiger partial charge >= 0.3 is 0 Å². The van der Waals surface area contributed by atoms with Gasteiger partial charge in [-0.15, -0.1) is 22.7 Å². The van der Waals surface area contributed by atoms with Crippen LogP contribution in [0.3, 0.4) is 0 Å². The van der Waals surface area contributed by atoms with E-state index in [1.165, 1.54) is 22.5 Å². The van der Waals surface area contributed by atoms with Crippen LogP contribution in [0.2, 0.25) is 0 Å². The molecule has 0 radical (unpaired) electrons. The van der Waals surface area contributed by atoms with Crippen molar-refractivity contribution in [3.8, 4) is 0 Å². The number of carbonyl (C=O) groups is 1. The first-order valence-electron chi connectivity index (χ1n) is 8.82. The van der Waals surface area contributed by atoms with E-state index in [-0.39, 0.29) is 5.91 Å². The van der Waals surface area contributed by atoms with Gasteiger partial charge in [-0.3, -0.25) is 9.20 Å². The number of imidazole rings is 1. The van der Waals surface area contributed by atoms with E-state index in [0.717, 1.165) is 15.3 Å². The summed E-state index contributed by atoms with van der Waals surface area (Å²) in [6.07, 6.45) is 3.92. The highest BCUT2D eigenvalue weighted by Crippen LogP contribution is 2.28. The number of hydrogen-bond donors (Lipinski definition) is 0. The highest BCUT2D eigenvalue weighted by atomic mass is 32.1. The molecule has 5 nitrogen and oxygen atoms in total. The summed E-state index contributed by atoms with van der Waals surface area (Å²) in [6, 6.07) is 16.0. The molecule has 0 saturated heterocycles. The van der Waals surface area contributed by atoms with Gasteiger partial charge < -0.3 is 4.57 Å². The van der Waals surface area contributed by atoms with Gasteiger partial charge in [0.15, 0.2) is 4.96 Å². The summed E-state index contributed by atoms with van der Waals surface area (Å²) in [4.78, 5) is 24.2. The maximum Gasteiger partial charge on any atom is 0.289 e. The van der Waals surface area contributed by atoms with Crippen molar-refractivity contribution in [2.24, 2.45) is 4.99 Å². The number of thiophene rings is 1. The molecular formula is C21H16N4OS2. The first-order chi connectivity index (χ1) is 13.7. The Morgan fingerprint density at radius 3 is 2.86 bits per heavy atom. The molecule has 1 amide bonds. The second-order valence-electron chi connectivity index (χ2n) is 6.56. The average molecular weight is 405 g/mol. The van der Waals surface area contributed by atoms with Crippen LogP contribution in [0.1, 0.15) is 20.8 Å². The molecule has 0 atom stereocenters. The maximum atomic E-state index is 12.8. The molecule has 0 aliphatic heterocycles. The number of carbonyl (C=O) groups excluding carboxylic acids is 1. The van der Waals surface area contributed by atoms with E-state index >= 15 is 0 Å². The van der Waals surface area contributed by atoms with Crippen molar-refractivity contribution in [1.29, 1.82) is 0 Å². The fraction of sp³-hybridized carbons (Fsp3) is 0.0952. The van der Waals surface area contributed by atoms with Crippen LogP contribution in [-0.4, -0.2) is 19.9 Å². The lowest BCUT2D eigenvalue weighted by molar-refractivity contribution is 0.100. The number of aromatic nitrogens is 3. The lowest BCUT2D eigenvalue weighted by Gasteiger charge is -2.07. The van der Waals surface area contributed by atoms with Gasteiger partial charge in [0.25, 0.3) is 5.91 Å². The van der Waals surface area contributed by atoms with Gasteiger partial charge in [0.2, 0.25) is 0 Å². The van der Waals surface area contributed by atoms with E-state index in [4.69, 9.17) is 0 Å². The van der Waals surface area contributed by atoms with E-state index in [0.29, 0.717) is 16.9 Å². The zero-order valence-electron chi connectivity index (χ0n) is 15.1. The molecule has 1 aromatic carbocycles. The second-order valence-corrected chi connectivity index (χ2v) is 8.46. The largest absolute Gasteiger partial charge is 0.328 e. The predicted octanol–water partition coefficient (Wildman–Crippen LogP) is 4.51. The molecule has 5 rings (SSSR count). The molecule has 5 aromatic rings. The fourth-order valence-electron chi connectivity index (χ4n) is 3.10. The molecule has 4 aromatic heterocycles. The number of benzene rings is 1. The van der Waals surface area contributed by atoms with Crippen LogP contribution in [0, 0.1) is 6.92 Å². The quantitative estimate of drug-likeness (QED) is 0.444. The van der Waals surface area contributed by atoms with Gasteiger partial charge in [0, 0.05) is 24.3 Å². The van der Waals surface area contributed by atoms with E-state index in [2.05, 4.69) is 41.2 Å². The van der Waals surface area contributed by atoms with Crippen LogP contribution in [0.15, 0.2) is 71.3 Å². The van der Waals surface area contributed by atoms with Crippen molar-refractivity contribution in [2.75, 3.05) is 0 Å². The van der Waals surface area contributed by atoms with Crippen molar-refractivity contribution >= 4 is 43.9 Å². The molecule has 7 heteroatoms. The third-order valence-corrected chi connectivity index (χ3v) is 6.32. The average Bonchev–Trinajstić information content (AvgIpc) is 3.37. The molecule has 0 N–H and O–H groups in total. The Hall–Kier alpha value is -3.03. The number of pyridine rings is 1. The van der Waals surface area contributed by atoms with E-state index in [9.17, 15) is 4.79 Å². The highest BCUT2D eigenvalue weighted by Gasteiger charge is 2.14. The Morgan fingerprint density at radius 2 is 2.00 bits per heavy atom. The number of aryl methyl sites for hydroxylation is 1. The van der Waals surface area contributed by atoms with Gasteiger partial charge in [-0.05, 0) is 30.7 Å². The Bertz CT molecular complexity index is 1370. The smallest absolute Gasteiger partial charge is 0.289 e. The molecule has 4 heterocycles.